The summed E-state index contributed by atoms with van der Waals surface area (Å²) >= 11 is 0. The minimum Gasteiger partial charge on any atom is -0.494 e. The number of aliphatic hydroxyl groups excluding tert-OH is 1. The lowest BCUT2D eigenvalue weighted by Gasteiger charge is -2.22. The Morgan fingerprint density at radius 2 is 2.30 bits per heavy atom. The highest BCUT2D eigenvalue weighted by atomic mass is 19.1. The molecule has 0 radical (unpaired) electrons. The lowest BCUT2D eigenvalue weighted by atomic mass is 10.2. The van der Waals surface area contributed by atoms with Crippen LogP contribution in [0.3, 0.4) is 0 Å². The molecule has 2 N–H and O–H groups in total. The molecule has 1 aliphatic heterocycles. The van der Waals surface area contributed by atoms with Crippen molar-refractivity contribution in [1.82, 2.24) is 10.2 Å². The van der Waals surface area contributed by atoms with E-state index < -0.39 is 11.7 Å². The smallest absolute Gasteiger partial charge is 0.254 e. The van der Waals surface area contributed by atoms with Gasteiger partial charge in [-0.1, -0.05) is 6.07 Å². The maximum atomic E-state index is 14.0. The number of nitrogens with zero attached hydrogens (tertiary/aromatic N) is 1. The van der Waals surface area contributed by atoms with Gasteiger partial charge in [0.1, 0.15) is 0 Å². The van der Waals surface area contributed by atoms with Crippen molar-refractivity contribution < 1.29 is 19.0 Å². The minimum atomic E-state index is -0.629. The summed E-state index contributed by atoms with van der Waals surface area (Å²) in [5.41, 5.74) is 0.00392. The van der Waals surface area contributed by atoms with Crippen LogP contribution in [0, 0.1) is 5.82 Å². The number of carbonyl (C=O) groups excluding carboxylic acids is 1. The molecule has 1 aromatic carbocycles. The Bertz CT molecular complexity index is 525. The summed E-state index contributed by atoms with van der Waals surface area (Å²) in [4.78, 5) is 14.3. The Labute approximate surface area is 136 Å². The summed E-state index contributed by atoms with van der Waals surface area (Å²) < 4.78 is 18.8. The van der Waals surface area contributed by atoms with Crippen LogP contribution in [0.1, 0.15) is 36.0 Å². The molecule has 6 heteroatoms. The number of nitrogens with one attached hydrogen (secondary N) is 1. The number of methoxy groups -OCH3 is 1. The highest BCUT2D eigenvalue weighted by Gasteiger charge is 2.22. The minimum absolute atomic E-state index is 0.00392. The lowest BCUT2D eigenvalue weighted by molar-refractivity contribution is 0.0947. The molecule has 23 heavy (non-hydrogen) atoms. The van der Waals surface area contributed by atoms with Gasteiger partial charge >= 0.3 is 0 Å². The van der Waals surface area contributed by atoms with Crippen molar-refractivity contribution in [3.05, 3.63) is 29.6 Å². The fourth-order valence-electron chi connectivity index (χ4n) is 2.98. The van der Waals surface area contributed by atoms with Crippen molar-refractivity contribution in [3.63, 3.8) is 0 Å². The van der Waals surface area contributed by atoms with Gasteiger partial charge in [0.2, 0.25) is 0 Å². The van der Waals surface area contributed by atoms with Crippen LogP contribution in [-0.2, 0) is 0 Å². The van der Waals surface area contributed by atoms with E-state index >= 15 is 0 Å². The Hall–Kier alpha value is -1.66. The zero-order chi connectivity index (χ0) is 16.7. The van der Waals surface area contributed by atoms with Crippen LogP contribution in [0.5, 0.6) is 5.75 Å². The first-order chi connectivity index (χ1) is 11.2. The quantitative estimate of drug-likeness (QED) is 0.716. The van der Waals surface area contributed by atoms with Crippen LogP contribution in [-0.4, -0.2) is 55.3 Å². The Morgan fingerprint density at radius 1 is 1.48 bits per heavy atom. The standard InChI is InChI=1S/C17H25FN2O3/c1-23-15-8-4-7-14(16(15)18)17(22)19-9-2-3-10-20-11-5-6-13(20)12-21/h4,7-8,13,21H,2-3,5-6,9-12H2,1H3,(H,19,22). The van der Waals surface area contributed by atoms with E-state index in [1.807, 2.05) is 0 Å². The fourth-order valence-corrected chi connectivity index (χ4v) is 2.98. The number of hydrogen-bond acceptors (Lipinski definition) is 4. The van der Waals surface area contributed by atoms with Crippen LogP contribution < -0.4 is 10.1 Å². The molecule has 1 saturated heterocycles. The maximum Gasteiger partial charge on any atom is 0.254 e. The summed E-state index contributed by atoms with van der Waals surface area (Å²) in [6.07, 6.45) is 3.96. The van der Waals surface area contributed by atoms with Crippen molar-refractivity contribution >= 4 is 5.91 Å². The zero-order valence-corrected chi connectivity index (χ0v) is 13.6. The first-order valence-corrected chi connectivity index (χ1v) is 8.13. The normalized spacial score (nSPS) is 18.1. The number of benzene rings is 1. The van der Waals surface area contributed by atoms with Crippen LogP contribution in [0.4, 0.5) is 4.39 Å². The first-order valence-electron chi connectivity index (χ1n) is 8.13. The van der Waals surface area contributed by atoms with Gasteiger partial charge in [-0.2, -0.15) is 0 Å². The Morgan fingerprint density at radius 3 is 3.04 bits per heavy atom. The topological polar surface area (TPSA) is 61.8 Å². The summed E-state index contributed by atoms with van der Waals surface area (Å²) in [5, 5.41) is 12.0. The van der Waals surface area contributed by atoms with Gasteiger partial charge in [0, 0.05) is 12.6 Å². The van der Waals surface area contributed by atoms with E-state index in [0.29, 0.717) is 6.54 Å². The molecule has 1 amide bonds. The summed E-state index contributed by atoms with van der Waals surface area (Å²) in [6, 6.07) is 4.82. The van der Waals surface area contributed by atoms with E-state index in [9.17, 15) is 14.3 Å². The summed E-state index contributed by atoms with van der Waals surface area (Å²) in [5.74, 6) is -0.979. The van der Waals surface area contributed by atoms with E-state index in [0.717, 1.165) is 38.8 Å². The molecule has 128 valence electrons. The van der Waals surface area contributed by atoms with E-state index in [1.165, 1.54) is 19.2 Å². The van der Waals surface area contributed by atoms with E-state index in [1.54, 1.807) is 6.07 Å². The number of halogens is 1. The molecule has 1 aromatic rings. The highest BCUT2D eigenvalue weighted by Crippen LogP contribution is 2.20. The number of ether oxygens (including phenoxy) is 1. The number of carbonyl (C=O) groups is 1. The molecule has 1 fully saturated rings. The molecule has 0 saturated carbocycles. The highest BCUT2D eigenvalue weighted by molar-refractivity contribution is 5.94. The number of aliphatic hydroxyl groups is 1. The molecule has 2 rings (SSSR count). The van der Waals surface area contributed by atoms with Gasteiger partial charge in [-0.15, -0.1) is 0 Å². The molecule has 0 aliphatic carbocycles. The predicted molar refractivity (Wildman–Crippen MR) is 86.2 cm³/mol. The third-order valence-corrected chi connectivity index (χ3v) is 4.30. The number of unbranched alkanes of at least 4 members (excludes halogenated alkanes) is 1. The van der Waals surface area contributed by atoms with Gasteiger partial charge < -0.3 is 15.2 Å². The first kappa shape index (κ1) is 17.7. The number of rotatable bonds is 8. The molecule has 0 spiro atoms. The van der Waals surface area contributed by atoms with Crippen molar-refractivity contribution in [2.45, 2.75) is 31.7 Å². The zero-order valence-electron chi connectivity index (χ0n) is 13.6. The van der Waals surface area contributed by atoms with Gasteiger partial charge in [-0.3, -0.25) is 9.69 Å². The average Bonchev–Trinajstić information content (AvgIpc) is 3.02. The van der Waals surface area contributed by atoms with Crippen LogP contribution in [0.25, 0.3) is 0 Å². The van der Waals surface area contributed by atoms with Crippen molar-refractivity contribution in [1.29, 1.82) is 0 Å². The second-order valence-corrected chi connectivity index (χ2v) is 5.80. The van der Waals surface area contributed by atoms with Gasteiger partial charge in [0.15, 0.2) is 11.6 Å². The average molecular weight is 324 g/mol. The van der Waals surface area contributed by atoms with Crippen LogP contribution >= 0.6 is 0 Å². The molecule has 1 aliphatic rings. The Kier molecular flexibility index (Phi) is 6.80. The molecular weight excluding hydrogens is 299 g/mol. The monoisotopic (exact) mass is 324 g/mol. The third-order valence-electron chi connectivity index (χ3n) is 4.30. The summed E-state index contributed by atoms with van der Waals surface area (Å²) in [7, 11) is 1.37. The van der Waals surface area contributed by atoms with Gasteiger partial charge in [-0.05, 0) is 50.9 Å². The van der Waals surface area contributed by atoms with Crippen molar-refractivity contribution in [3.8, 4) is 5.75 Å². The molecule has 0 bridgehead atoms. The van der Waals surface area contributed by atoms with Gasteiger partial charge in [0.05, 0.1) is 19.3 Å². The van der Waals surface area contributed by atoms with Crippen molar-refractivity contribution in [2.24, 2.45) is 0 Å². The van der Waals surface area contributed by atoms with Gasteiger partial charge in [-0.25, -0.2) is 4.39 Å². The van der Waals surface area contributed by atoms with Crippen LogP contribution in [0.15, 0.2) is 18.2 Å². The SMILES string of the molecule is COc1cccc(C(=O)NCCCCN2CCCC2CO)c1F. The van der Waals surface area contributed by atoms with E-state index in [2.05, 4.69) is 10.2 Å². The Balaban J connectivity index is 1.71. The van der Waals surface area contributed by atoms with E-state index in [-0.39, 0.29) is 24.0 Å². The number of likely N-dealkylation sites (tertiary alicyclic amines) is 1. The van der Waals surface area contributed by atoms with Crippen LogP contribution in [0.2, 0.25) is 0 Å². The number of hydrogen-bond donors (Lipinski definition) is 2. The predicted octanol–water partition coefficient (Wildman–Crippen LogP) is 1.80. The molecule has 1 heterocycles. The molecule has 1 unspecified atom stereocenters. The fraction of sp³-hybridized carbons (Fsp3) is 0.588. The summed E-state index contributed by atoms with van der Waals surface area (Å²) in [6.45, 7) is 2.68. The van der Waals surface area contributed by atoms with Gasteiger partial charge in [0.25, 0.3) is 5.91 Å². The number of amides is 1. The van der Waals surface area contributed by atoms with E-state index in [4.69, 9.17) is 4.74 Å². The molecule has 5 nitrogen and oxygen atoms in total. The molecule has 1 atom stereocenters. The van der Waals surface area contributed by atoms with Crippen molar-refractivity contribution in [2.75, 3.05) is 33.4 Å². The molecular formula is C17H25FN2O3. The third kappa shape index (κ3) is 4.65. The second kappa shape index (κ2) is 8.84. The molecule has 0 aromatic heterocycles. The largest absolute Gasteiger partial charge is 0.494 e. The second-order valence-electron chi connectivity index (χ2n) is 5.80. The lowest BCUT2D eigenvalue weighted by Crippen LogP contribution is -2.33. The maximum absolute atomic E-state index is 14.0.